The molecule has 1 aliphatic heterocycles. The lowest BCUT2D eigenvalue weighted by molar-refractivity contribution is 0.0297. The Morgan fingerprint density at radius 1 is 1.44 bits per heavy atom. The molecule has 0 aliphatic carbocycles. The van der Waals surface area contributed by atoms with Gasteiger partial charge in [-0.05, 0) is 31.4 Å². The van der Waals surface area contributed by atoms with Crippen LogP contribution in [-0.4, -0.2) is 40.2 Å². The number of likely N-dealkylation sites (tertiary alicyclic amines) is 1. The van der Waals surface area contributed by atoms with Crippen molar-refractivity contribution in [2.24, 2.45) is 5.92 Å². The number of hydrogen-bond acceptors (Lipinski definition) is 3. The van der Waals surface area contributed by atoms with Crippen molar-refractivity contribution < 1.29 is 15.0 Å². The van der Waals surface area contributed by atoms with Gasteiger partial charge in [-0.1, -0.05) is 13.0 Å². The van der Waals surface area contributed by atoms with Gasteiger partial charge < -0.3 is 15.1 Å². The van der Waals surface area contributed by atoms with Crippen LogP contribution < -0.4 is 0 Å². The second-order valence-electron chi connectivity index (χ2n) is 5.03. The van der Waals surface area contributed by atoms with Gasteiger partial charge in [-0.3, -0.25) is 4.79 Å². The van der Waals surface area contributed by atoms with Crippen molar-refractivity contribution >= 4 is 5.91 Å². The van der Waals surface area contributed by atoms with E-state index in [0.717, 1.165) is 0 Å². The molecule has 0 aromatic heterocycles. The van der Waals surface area contributed by atoms with Crippen molar-refractivity contribution in [3.63, 3.8) is 0 Å². The molecule has 1 fully saturated rings. The predicted octanol–water partition coefficient (Wildman–Crippen LogP) is 1.54. The van der Waals surface area contributed by atoms with Crippen LogP contribution >= 0.6 is 0 Å². The molecule has 1 aromatic rings. The highest BCUT2D eigenvalue weighted by Gasteiger charge is 2.28. The van der Waals surface area contributed by atoms with Crippen LogP contribution in [-0.2, 0) is 0 Å². The minimum absolute atomic E-state index is 0.0675. The maximum absolute atomic E-state index is 12.4. The molecule has 1 amide bonds. The van der Waals surface area contributed by atoms with Gasteiger partial charge in [-0.15, -0.1) is 0 Å². The van der Waals surface area contributed by atoms with E-state index >= 15 is 0 Å². The Labute approximate surface area is 107 Å². The summed E-state index contributed by atoms with van der Waals surface area (Å²) in [6, 6.07) is 4.99. The molecule has 4 nitrogen and oxygen atoms in total. The lowest BCUT2D eigenvalue weighted by Gasteiger charge is -2.34. The van der Waals surface area contributed by atoms with E-state index in [1.54, 1.807) is 30.0 Å². The second-order valence-corrected chi connectivity index (χ2v) is 5.03. The average Bonchev–Trinajstić information content (AvgIpc) is 2.35. The molecule has 2 rings (SSSR count). The van der Waals surface area contributed by atoms with Gasteiger partial charge in [0.2, 0.25) is 0 Å². The first-order valence-corrected chi connectivity index (χ1v) is 6.26. The van der Waals surface area contributed by atoms with Crippen LogP contribution in [0.3, 0.4) is 0 Å². The number of benzene rings is 1. The van der Waals surface area contributed by atoms with Crippen LogP contribution in [0, 0.1) is 12.8 Å². The van der Waals surface area contributed by atoms with E-state index in [1.165, 1.54) is 0 Å². The fourth-order valence-corrected chi connectivity index (χ4v) is 2.34. The lowest BCUT2D eigenvalue weighted by Crippen LogP contribution is -2.45. The van der Waals surface area contributed by atoms with Gasteiger partial charge in [0, 0.05) is 24.2 Å². The third-order valence-electron chi connectivity index (χ3n) is 3.68. The number of rotatable bonds is 1. The fraction of sp³-hybridized carbons (Fsp3) is 0.500. The maximum atomic E-state index is 12.4. The predicted molar refractivity (Wildman–Crippen MR) is 68.5 cm³/mol. The monoisotopic (exact) mass is 249 g/mol. The standard InChI is InChI=1S/C14H19NO3/c1-9-8-15(7-6-12(9)16)14(18)11-4-3-5-13(17)10(11)2/h3-5,9,12,16-17H,6-8H2,1-2H3. The molecule has 18 heavy (non-hydrogen) atoms. The Hall–Kier alpha value is -1.55. The highest BCUT2D eigenvalue weighted by molar-refractivity contribution is 5.96. The van der Waals surface area contributed by atoms with E-state index in [9.17, 15) is 15.0 Å². The van der Waals surface area contributed by atoms with Crippen LogP contribution in [0.4, 0.5) is 0 Å². The number of phenolic OH excluding ortho intramolecular Hbond substituents is 1. The van der Waals surface area contributed by atoms with Gasteiger partial charge >= 0.3 is 0 Å². The summed E-state index contributed by atoms with van der Waals surface area (Å²) in [5.41, 5.74) is 1.15. The van der Waals surface area contributed by atoms with E-state index in [-0.39, 0.29) is 23.7 Å². The lowest BCUT2D eigenvalue weighted by atomic mass is 9.95. The van der Waals surface area contributed by atoms with Crippen molar-refractivity contribution in [3.8, 4) is 5.75 Å². The molecular formula is C14H19NO3. The first-order chi connectivity index (χ1) is 8.50. The van der Waals surface area contributed by atoms with E-state index in [2.05, 4.69) is 0 Å². The number of piperidine rings is 1. The van der Waals surface area contributed by atoms with Crippen molar-refractivity contribution in [1.82, 2.24) is 4.90 Å². The first kappa shape index (κ1) is 12.9. The van der Waals surface area contributed by atoms with E-state index in [0.29, 0.717) is 30.6 Å². The molecule has 1 aliphatic rings. The zero-order valence-corrected chi connectivity index (χ0v) is 10.8. The summed E-state index contributed by atoms with van der Waals surface area (Å²) in [5.74, 6) is 0.174. The van der Waals surface area contributed by atoms with Crippen molar-refractivity contribution in [2.45, 2.75) is 26.4 Å². The number of aliphatic hydroxyl groups excluding tert-OH is 1. The Bertz CT molecular complexity index is 458. The number of hydrogen-bond donors (Lipinski definition) is 2. The van der Waals surface area contributed by atoms with Gasteiger partial charge in [-0.2, -0.15) is 0 Å². The average molecular weight is 249 g/mol. The van der Waals surface area contributed by atoms with Crippen LogP contribution in [0.25, 0.3) is 0 Å². The summed E-state index contributed by atoms with van der Waals surface area (Å²) in [4.78, 5) is 14.1. The zero-order valence-electron chi connectivity index (χ0n) is 10.8. The molecule has 1 aromatic carbocycles. The summed E-state index contributed by atoms with van der Waals surface area (Å²) < 4.78 is 0. The Kier molecular flexibility index (Phi) is 3.57. The molecule has 0 saturated carbocycles. The molecule has 98 valence electrons. The van der Waals surface area contributed by atoms with Crippen molar-refractivity contribution in [2.75, 3.05) is 13.1 Å². The Balaban J connectivity index is 2.19. The van der Waals surface area contributed by atoms with Gasteiger partial charge in [0.25, 0.3) is 5.91 Å². The molecule has 2 N–H and O–H groups in total. The summed E-state index contributed by atoms with van der Waals surface area (Å²) in [7, 11) is 0. The van der Waals surface area contributed by atoms with Crippen LogP contribution in [0.15, 0.2) is 18.2 Å². The molecule has 0 radical (unpaired) electrons. The summed E-state index contributed by atoms with van der Waals surface area (Å²) in [6.07, 6.45) is 0.296. The van der Waals surface area contributed by atoms with Crippen LogP contribution in [0.5, 0.6) is 5.75 Å². The summed E-state index contributed by atoms with van der Waals surface area (Å²) >= 11 is 0. The van der Waals surface area contributed by atoms with E-state index in [1.807, 2.05) is 6.92 Å². The minimum atomic E-state index is -0.320. The normalized spacial score (nSPS) is 24.1. The molecular weight excluding hydrogens is 230 g/mol. The zero-order chi connectivity index (χ0) is 13.3. The third-order valence-corrected chi connectivity index (χ3v) is 3.68. The number of carbonyl (C=O) groups is 1. The molecule has 0 bridgehead atoms. The molecule has 2 atom stereocenters. The molecule has 2 unspecified atom stereocenters. The van der Waals surface area contributed by atoms with E-state index in [4.69, 9.17) is 0 Å². The molecule has 0 spiro atoms. The van der Waals surface area contributed by atoms with Gasteiger partial charge in [-0.25, -0.2) is 0 Å². The van der Waals surface area contributed by atoms with Crippen LogP contribution in [0.2, 0.25) is 0 Å². The van der Waals surface area contributed by atoms with Gasteiger partial charge in [0.15, 0.2) is 0 Å². The number of aromatic hydroxyl groups is 1. The summed E-state index contributed by atoms with van der Waals surface area (Å²) in [5, 5.41) is 19.3. The largest absolute Gasteiger partial charge is 0.508 e. The highest BCUT2D eigenvalue weighted by atomic mass is 16.3. The SMILES string of the molecule is Cc1c(O)cccc1C(=O)N1CCC(O)C(C)C1. The number of nitrogens with zero attached hydrogens (tertiary/aromatic N) is 1. The minimum Gasteiger partial charge on any atom is -0.508 e. The molecule has 4 heteroatoms. The fourth-order valence-electron chi connectivity index (χ4n) is 2.34. The first-order valence-electron chi connectivity index (χ1n) is 6.26. The smallest absolute Gasteiger partial charge is 0.254 e. The topological polar surface area (TPSA) is 60.8 Å². The number of phenols is 1. The van der Waals surface area contributed by atoms with Gasteiger partial charge in [0.05, 0.1) is 6.10 Å². The maximum Gasteiger partial charge on any atom is 0.254 e. The number of aliphatic hydroxyl groups is 1. The van der Waals surface area contributed by atoms with Crippen molar-refractivity contribution in [3.05, 3.63) is 29.3 Å². The third kappa shape index (κ3) is 2.34. The number of amides is 1. The molecule has 1 saturated heterocycles. The Morgan fingerprint density at radius 3 is 2.83 bits per heavy atom. The van der Waals surface area contributed by atoms with E-state index < -0.39 is 0 Å². The van der Waals surface area contributed by atoms with Crippen molar-refractivity contribution in [1.29, 1.82) is 0 Å². The number of carbonyl (C=O) groups excluding carboxylic acids is 1. The van der Waals surface area contributed by atoms with Crippen LogP contribution in [0.1, 0.15) is 29.3 Å². The summed E-state index contributed by atoms with van der Waals surface area (Å²) in [6.45, 7) is 4.82. The molecule has 1 heterocycles. The van der Waals surface area contributed by atoms with Gasteiger partial charge in [0.1, 0.15) is 5.75 Å². The Morgan fingerprint density at radius 2 is 2.17 bits per heavy atom. The second kappa shape index (κ2) is 4.98. The highest BCUT2D eigenvalue weighted by Crippen LogP contribution is 2.23. The quantitative estimate of drug-likeness (QED) is 0.793.